The van der Waals surface area contributed by atoms with E-state index < -0.39 is 6.10 Å². The molecule has 44 valence electrons. The Morgan fingerprint density at radius 2 is 2.50 bits per heavy atom. The molecular formula is C5H9BO2. The zero-order valence-electron chi connectivity index (χ0n) is 4.92. The van der Waals surface area contributed by atoms with Gasteiger partial charge in [0, 0.05) is 6.42 Å². The van der Waals surface area contributed by atoms with Gasteiger partial charge in [0.25, 0.3) is 0 Å². The summed E-state index contributed by atoms with van der Waals surface area (Å²) in [5.41, 5.74) is -0.0163. The lowest BCUT2D eigenvalue weighted by Crippen LogP contribution is -2.09. The van der Waals surface area contributed by atoms with Gasteiger partial charge in [-0.15, -0.1) is 6.58 Å². The SMILES string of the molecule is BC(=O)C[C@H](O)C=C. The van der Waals surface area contributed by atoms with Crippen LogP contribution >= 0.6 is 0 Å². The van der Waals surface area contributed by atoms with Gasteiger partial charge in [-0.3, -0.25) is 0 Å². The van der Waals surface area contributed by atoms with Gasteiger partial charge in [0.05, 0.1) is 11.8 Å². The fraction of sp³-hybridized carbons (Fsp3) is 0.400. The van der Waals surface area contributed by atoms with Crippen LogP contribution in [0.4, 0.5) is 0 Å². The molecule has 8 heavy (non-hydrogen) atoms. The molecule has 0 heterocycles. The second-order valence-electron chi connectivity index (χ2n) is 1.71. The van der Waals surface area contributed by atoms with E-state index in [1.54, 1.807) is 0 Å². The summed E-state index contributed by atoms with van der Waals surface area (Å²) in [4.78, 5) is 10.2. The molecule has 0 spiro atoms. The molecule has 2 nitrogen and oxygen atoms in total. The number of carbonyl (C=O) groups excluding carboxylic acids is 1. The zero-order valence-corrected chi connectivity index (χ0v) is 4.92. The van der Waals surface area contributed by atoms with Crippen LogP contribution in [0.1, 0.15) is 6.42 Å². The van der Waals surface area contributed by atoms with Crippen LogP contribution in [0.3, 0.4) is 0 Å². The third kappa shape index (κ3) is 3.62. The molecule has 3 heteroatoms. The van der Waals surface area contributed by atoms with Crippen molar-refractivity contribution in [3.05, 3.63) is 12.7 Å². The van der Waals surface area contributed by atoms with Crippen molar-refractivity contribution in [2.24, 2.45) is 0 Å². The summed E-state index contributed by atoms with van der Waals surface area (Å²) in [5, 5.41) is 8.69. The first-order valence-corrected chi connectivity index (χ1v) is 2.47. The maximum atomic E-state index is 10.2. The van der Waals surface area contributed by atoms with Crippen LogP contribution in [0.2, 0.25) is 0 Å². The number of aliphatic hydroxyl groups excluding tert-OH is 1. The van der Waals surface area contributed by atoms with E-state index in [1.807, 2.05) is 0 Å². The van der Waals surface area contributed by atoms with E-state index in [2.05, 4.69) is 6.58 Å². The van der Waals surface area contributed by atoms with Gasteiger partial charge in [0.2, 0.25) is 0 Å². The van der Waals surface area contributed by atoms with Gasteiger partial charge >= 0.3 is 0 Å². The summed E-state index contributed by atoms with van der Waals surface area (Å²) < 4.78 is 0. The Morgan fingerprint density at radius 3 is 2.62 bits per heavy atom. The number of rotatable bonds is 3. The third-order valence-electron chi connectivity index (χ3n) is 0.769. The fourth-order valence-electron chi connectivity index (χ4n) is 0.378. The van der Waals surface area contributed by atoms with Crippen molar-refractivity contribution in [1.82, 2.24) is 0 Å². The first-order chi connectivity index (χ1) is 3.66. The van der Waals surface area contributed by atoms with E-state index in [0.29, 0.717) is 0 Å². The monoisotopic (exact) mass is 112 g/mol. The van der Waals surface area contributed by atoms with Crippen LogP contribution in [-0.4, -0.2) is 24.7 Å². The number of carbonyl (C=O) groups is 1. The third-order valence-corrected chi connectivity index (χ3v) is 0.769. The summed E-state index contributed by atoms with van der Waals surface area (Å²) in [5.74, 6) is 0. The van der Waals surface area contributed by atoms with Crippen molar-refractivity contribution in [2.45, 2.75) is 12.5 Å². The van der Waals surface area contributed by atoms with Gasteiger partial charge < -0.3 is 9.90 Å². The van der Waals surface area contributed by atoms with Crippen LogP contribution in [0, 0.1) is 0 Å². The van der Waals surface area contributed by atoms with Crippen LogP contribution in [0.15, 0.2) is 12.7 Å². The summed E-state index contributed by atoms with van der Waals surface area (Å²) >= 11 is 0. The average molecular weight is 112 g/mol. The maximum Gasteiger partial charge on any atom is 0.187 e. The first kappa shape index (κ1) is 7.43. The highest BCUT2D eigenvalue weighted by Gasteiger charge is 1.99. The minimum Gasteiger partial charge on any atom is -0.389 e. The Hall–Kier alpha value is -0.565. The molecule has 0 bridgehead atoms. The van der Waals surface area contributed by atoms with Crippen molar-refractivity contribution in [3.63, 3.8) is 0 Å². The number of hydrogen-bond acceptors (Lipinski definition) is 2. The normalized spacial score (nSPS) is 12.6. The van der Waals surface area contributed by atoms with E-state index in [-0.39, 0.29) is 12.1 Å². The van der Waals surface area contributed by atoms with Gasteiger partial charge in [-0.25, -0.2) is 0 Å². The summed E-state index contributed by atoms with van der Waals surface area (Å²) in [6.45, 7) is 3.31. The van der Waals surface area contributed by atoms with E-state index in [9.17, 15) is 4.79 Å². The molecule has 0 rings (SSSR count). The lowest BCUT2D eigenvalue weighted by atomic mass is 9.97. The van der Waals surface area contributed by atoms with Crippen molar-refractivity contribution < 1.29 is 9.90 Å². The molecule has 0 unspecified atom stereocenters. The Kier molecular flexibility index (Phi) is 3.20. The summed E-state index contributed by atoms with van der Waals surface area (Å²) in [6, 6.07) is 0. The highest BCUT2D eigenvalue weighted by atomic mass is 16.3. The minimum atomic E-state index is -0.660. The summed E-state index contributed by atoms with van der Waals surface area (Å²) in [7, 11) is 1.44. The molecule has 0 aromatic rings. The molecule has 0 saturated heterocycles. The molecule has 0 aliphatic carbocycles. The molecule has 0 aliphatic rings. The summed E-state index contributed by atoms with van der Waals surface area (Å²) in [6.07, 6.45) is 0.873. The molecule has 0 saturated carbocycles. The van der Waals surface area contributed by atoms with Crippen LogP contribution < -0.4 is 0 Å². The van der Waals surface area contributed by atoms with E-state index in [1.165, 1.54) is 13.9 Å². The smallest absolute Gasteiger partial charge is 0.187 e. The lowest BCUT2D eigenvalue weighted by molar-refractivity contribution is -0.112. The van der Waals surface area contributed by atoms with Crippen molar-refractivity contribution >= 4 is 13.5 Å². The van der Waals surface area contributed by atoms with Crippen molar-refractivity contribution in [1.29, 1.82) is 0 Å². The molecule has 0 aromatic heterocycles. The van der Waals surface area contributed by atoms with Crippen molar-refractivity contribution in [2.75, 3.05) is 0 Å². The van der Waals surface area contributed by atoms with Gasteiger partial charge in [-0.1, -0.05) is 6.08 Å². The molecule has 0 amide bonds. The van der Waals surface area contributed by atoms with Gasteiger partial charge in [-0.2, -0.15) is 0 Å². The van der Waals surface area contributed by atoms with E-state index >= 15 is 0 Å². The van der Waals surface area contributed by atoms with E-state index in [0.717, 1.165) is 0 Å². The Labute approximate surface area is 49.6 Å². The maximum absolute atomic E-state index is 10.2. The quantitative estimate of drug-likeness (QED) is 0.378. The van der Waals surface area contributed by atoms with Crippen molar-refractivity contribution in [3.8, 4) is 0 Å². The molecule has 1 N–H and O–H groups in total. The second kappa shape index (κ2) is 3.44. The lowest BCUT2D eigenvalue weighted by Gasteiger charge is -1.97. The topological polar surface area (TPSA) is 37.3 Å². The van der Waals surface area contributed by atoms with Crippen LogP contribution in [0.25, 0.3) is 0 Å². The van der Waals surface area contributed by atoms with E-state index in [4.69, 9.17) is 5.11 Å². The highest BCUT2D eigenvalue weighted by molar-refractivity contribution is 6.57. The molecule has 1 atom stereocenters. The standard InChI is InChI=1S/C5H9BO2/c1-2-4(7)3-5(6)8/h2,4,7H,1,3,6H2/t4-/m1/s1. The predicted molar refractivity (Wildman–Crippen MR) is 34.4 cm³/mol. The van der Waals surface area contributed by atoms with Gasteiger partial charge in [0.15, 0.2) is 7.85 Å². The highest BCUT2D eigenvalue weighted by Crippen LogP contribution is 1.89. The molecular weight excluding hydrogens is 103 g/mol. The van der Waals surface area contributed by atoms with Gasteiger partial charge in [0.1, 0.15) is 0 Å². The molecule has 0 aliphatic heterocycles. The molecule has 0 aromatic carbocycles. The minimum absolute atomic E-state index is 0.0163. The average Bonchev–Trinajstić information content (AvgIpc) is 1.65. The molecule has 0 radical (unpaired) electrons. The fourth-order valence-corrected chi connectivity index (χ4v) is 0.378. The second-order valence-corrected chi connectivity index (χ2v) is 1.71. The Balaban J connectivity index is 3.38. The van der Waals surface area contributed by atoms with Crippen LogP contribution in [-0.2, 0) is 4.79 Å². The number of aliphatic hydroxyl groups is 1. The molecule has 0 fully saturated rings. The first-order valence-electron chi connectivity index (χ1n) is 2.47. The Bertz CT molecular complexity index is 101. The largest absolute Gasteiger partial charge is 0.389 e. The predicted octanol–water partition coefficient (Wildman–Crippen LogP) is -0.917. The number of hydrogen-bond donors (Lipinski definition) is 1. The Morgan fingerprint density at radius 1 is 2.00 bits per heavy atom. The van der Waals surface area contributed by atoms with Gasteiger partial charge in [-0.05, 0) is 0 Å². The van der Waals surface area contributed by atoms with Crippen LogP contribution in [0.5, 0.6) is 0 Å². The zero-order chi connectivity index (χ0) is 6.57.